The summed E-state index contributed by atoms with van der Waals surface area (Å²) in [5, 5.41) is 2.84. The van der Waals surface area contributed by atoms with E-state index in [1.807, 2.05) is 0 Å². The molecule has 0 spiro atoms. The zero-order valence-electron chi connectivity index (χ0n) is 8.74. The van der Waals surface area contributed by atoms with Crippen LogP contribution in [0.2, 0.25) is 0 Å². The number of rotatable bonds is 4. The van der Waals surface area contributed by atoms with Crippen LogP contribution in [-0.4, -0.2) is 22.3 Å². The monoisotopic (exact) mass is 193 g/mol. The van der Waals surface area contributed by atoms with E-state index >= 15 is 0 Å². The van der Waals surface area contributed by atoms with E-state index in [1.54, 1.807) is 12.4 Å². The lowest BCUT2D eigenvalue weighted by molar-refractivity contribution is -0.115. The van der Waals surface area contributed by atoms with Crippen LogP contribution in [0.1, 0.15) is 32.3 Å². The highest BCUT2D eigenvalue weighted by Crippen LogP contribution is 2.11. The normalized spacial score (nSPS) is 10.3. The van der Waals surface area contributed by atoms with E-state index in [9.17, 15) is 4.79 Å². The Balaban J connectivity index is 2.59. The van der Waals surface area contributed by atoms with Crippen molar-refractivity contribution in [3.8, 4) is 0 Å². The van der Waals surface area contributed by atoms with Crippen molar-refractivity contribution in [3.05, 3.63) is 18.0 Å². The number of carbonyl (C=O) groups excluding carboxylic acids is 1. The number of anilines is 1. The summed E-state index contributed by atoms with van der Waals surface area (Å²) in [5.74, 6) is 1.00. The Labute approximate surface area is 83.8 Å². The standard InChI is InChI=1S/C10H15N3O/c1-7(2)9-5-12-10(13-6-9)11-4-8(3)14/h5-7H,4H2,1-3H3,(H,11,12,13). The van der Waals surface area contributed by atoms with Gasteiger partial charge in [0.15, 0.2) is 0 Å². The van der Waals surface area contributed by atoms with Crippen molar-refractivity contribution in [2.24, 2.45) is 0 Å². The minimum atomic E-state index is 0.0709. The molecular formula is C10H15N3O. The summed E-state index contributed by atoms with van der Waals surface area (Å²) in [6.07, 6.45) is 3.56. The van der Waals surface area contributed by atoms with Gasteiger partial charge >= 0.3 is 0 Å². The Kier molecular flexibility index (Phi) is 3.56. The minimum Gasteiger partial charge on any atom is -0.347 e. The summed E-state index contributed by atoms with van der Waals surface area (Å²) >= 11 is 0. The van der Waals surface area contributed by atoms with Crippen molar-refractivity contribution in [2.45, 2.75) is 26.7 Å². The summed E-state index contributed by atoms with van der Waals surface area (Å²) in [5.41, 5.74) is 1.10. The highest BCUT2D eigenvalue weighted by molar-refractivity contribution is 5.79. The first-order chi connectivity index (χ1) is 6.59. The SMILES string of the molecule is CC(=O)CNc1ncc(C(C)C)cn1. The summed E-state index contributed by atoms with van der Waals surface area (Å²) in [6, 6.07) is 0. The molecule has 0 bridgehead atoms. The van der Waals surface area contributed by atoms with E-state index in [4.69, 9.17) is 0 Å². The van der Waals surface area contributed by atoms with E-state index in [1.165, 1.54) is 6.92 Å². The van der Waals surface area contributed by atoms with Crippen molar-refractivity contribution < 1.29 is 4.79 Å². The zero-order chi connectivity index (χ0) is 10.6. The smallest absolute Gasteiger partial charge is 0.222 e. The summed E-state index contributed by atoms with van der Waals surface area (Å²) in [4.78, 5) is 18.9. The fraction of sp³-hybridized carbons (Fsp3) is 0.500. The Hall–Kier alpha value is -1.45. The van der Waals surface area contributed by atoms with Crippen LogP contribution in [0.5, 0.6) is 0 Å². The molecule has 1 aromatic heterocycles. The molecule has 0 aliphatic carbocycles. The fourth-order valence-electron chi connectivity index (χ4n) is 0.931. The van der Waals surface area contributed by atoms with Crippen LogP contribution in [0.15, 0.2) is 12.4 Å². The van der Waals surface area contributed by atoms with Gasteiger partial charge in [-0.3, -0.25) is 4.79 Å². The predicted molar refractivity (Wildman–Crippen MR) is 55.3 cm³/mol. The summed E-state index contributed by atoms with van der Waals surface area (Å²) in [6.45, 7) is 5.97. The predicted octanol–water partition coefficient (Wildman–Crippen LogP) is 1.60. The molecule has 1 heterocycles. The Bertz CT molecular complexity index is 306. The molecule has 0 aromatic carbocycles. The molecule has 0 saturated heterocycles. The average Bonchev–Trinajstić information content (AvgIpc) is 2.15. The van der Waals surface area contributed by atoms with Crippen LogP contribution >= 0.6 is 0 Å². The second-order valence-corrected chi connectivity index (χ2v) is 3.55. The van der Waals surface area contributed by atoms with Crippen LogP contribution in [-0.2, 0) is 4.79 Å². The van der Waals surface area contributed by atoms with Gasteiger partial charge in [-0.25, -0.2) is 9.97 Å². The highest BCUT2D eigenvalue weighted by atomic mass is 16.1. The van der Waals surface area contributed by atoms with E-state index in [-0.39, 0.29) is 12.3 Å². The molecule has 14 heavy (non-hydrogen) atoms. The average molecular weight is 193 g/mol. The Morgan fingerprint density at radius 1 is 1.43 bits per heavy atom. The van der Waals surface area contributed by atoms with Crippen molar-refractivity contribution in [1.82, 2.24) is 9.97 Å². The number of nitrogens with zero attached hydrogens (tertiary/aromatic N) is 2. The van der Waals surface area contributed by atoms with Gasteiger partial charge in [0.2, 0.25) is 5.95 Å². The van der Waals surface area contributed by atoms with Gasteiger partial charge in [-0.2, -0.15) is 0 Å². The lowest BCUT2D eigenvalue weighted by atomic mass is 10.1. The molecule has 1 N–H and O–H groups in total. The number of Topliss-reactive ketones (excluding diaryl/α,β-unsaturated/α-hetero) is 1. The van der Waals surface area contributed by atoms with Gasteiger partial charge in [-0.1, -0.05) is 13.8 Å². The number of nitrogens with one attached hydrogen (secondary N) is 1. The van der Waals surface area contributed by atoms with Crippen molar-refractivity contribution in [2.75, 3.05) is 11.9 Å². The third-order valence-electron chi connectivity index (χ3n) is 1.83. The number of hydrogen-bond acceptors (Lipinski definition) is 4. The quantitative estimate of drug-likeness (QED) is 0.789. The largest absolute Gasteiger partial charge is 0.347 e. The van der Waals surface area contributed by atoms with E-state index in [0.29, 0.717) is 11.9 Å². The van der Waals surface area contributed by atoms with Gasteiger partial charge in [0.25, 0.3) is 0 Å². The molecule has 4 heteroatoms. The van der Waals surface area contributed by atoms with Crippen LogP contribution < -0.4 is 5.32 Å². The molecule has 1 aromatic rings. The molecule has 0 unspecified atom stereocenters. The highest BCUT2D eigenvalue weighted by Gasteiger charge is 2.01. The zero-order valence-corrected chi connectivity index (χ0v) is 8.74. The maximum Gasteiger partial charge on any atom is 0.222 e. The maximum absolute atomic E-state index is 10.7. The molecule has 0 radical (unpaired) electrons. The maximum atomic E-state index is 10.7. The van der Waals surface area contributed by atoms with Gasteiger partial charge in [-0.15, -0.1) is 0 Å². The van der Waals surface area contributed by atoms with Gasteiger partial charge in [0, 0.05) is 12.4 Å². The molecule has 0 saturated carbocycles. The third kappa shape index (κ3) is 3.12. The molecule has 0 aliphatic heterocycles. The first kappa shape index (κ1) is 10.6. The number of carbonyl (C=O) groups is 1. The number of ketones is 1. The fourth-order valence-corrected chi connectivity index (χ4v) is 0.931. The lowest BCUT2D eigenvalue weighted by Crippen LogP contribution is -2.12. The molecule has 0 amide bonds. The van der Waals surface area contributed by atoms with E-state index in [0.717, 1.165) is 5.56 Å². The Morgan fingerprint density at radius 2 is 2.00 bits per heavy atom. The molecule has 0 aliphatic rings. The first-order valence-corrected chi connectivity index (χ1v) is 4.65. The van der Waals surface area contributed by atoms with Gasteiger partial charge in [-0.05, 0) is 18.4 Å². The second-order valence-electron chi connectivity index (χ2n) is 3.55. The van der Waals surface area contributed by atoms with E-state index in [2.05, 4.69) is 29.1 Å². The van der Waals surface area contributed by atoms with Crippen LogP contribution in [0, 0.1) is 0 Å². The Morgan fingerprint density at radius 3 is 2.43 bits per heavy atom. The summed E-state index contributed by atoms with van der Waals surface area (Å²) in [7, 11) is 0. The van der Waals surface area contributed by atoms with Crippen LogP contribution in [0.4, 0.5) is 5.95 Å². The third-order valence-corrected chi connectivity index (χ3v) is 1.83. The van der Waals surface area contributed by atoms with Gasteiger partial charge < -0.3 is 5.32 Å². The molecule has 4 nitrogen and oxygen atoms in total. The van der Waals surface area contributed by atoms with Gasteiger partial charge in [0.1, 0.15) is 5.78 Å². The van der Waals surface area contributed by atoms with Crippen LogP contribution in [0.3, 0.4) is 0 Å². The minimum absolute atomic E-state index is 0.0709. The number of hydrogen-bond donors (Lipinski definition) is 1. The van der Waals surface area contributed by atoms with Gasteiger partial charge in [0.05, 0.1) is 6.54 Å². The van der Waals surface area contributed by atoms with E-state index < -0.39 is 0 Å². The molecule has 1 rings (SSSR count). The molecular weight excluding hydrogens is 178 g/mol. The van der Waals surface area contributed by atoms with Crippen molar-refractivity contribution >= 4 is 11.7 Å². The topological polar surface area (TPSA) is 54.9 Å². The molecule has 76 valence electrons. The molecule has 0 fully saturated rings. The first-order valence-electron chi connectivity index (χ1n) is 4.65. The second kappa shape index (κ2) is 4.69. The van der Waals surface area contributed by atoms with Crippen LogP contribution in [0.25, 0.3) is 0 Å². The molecule has 0 atom stereocenters. The van der Waals surface area contributed by atoms with Crippen molar-refractivity contribution in [1.29, 1.82) is 0 Å². The number of aromatic nitrogens is 2. The summed E-state index contributed by atoms with van der Waals surface area (Å²) < 4.78 is 0. The lowest BCUT2D eigenvalue weighted by Gasteiger charge is -2.05. The van der Waals surface area contributed by atoms with Crippen molar-refractivity contribution in [3.63, 3.8) is 0 Å².